The quantitative estimate of drug-likeness (QED) is 0.412. The van der Waals surface area contributed by atoms with Crippen molar-refractivity contribution in [2.45, 2.75) is 0 Å². The van der Waals surface area contributed by atoms with Crippen LogP contribution in [-0.2, 0) is 4.57 Å². The van der Waals surface area contributed by atoms with Crippen molar-refractivity contribution in [2.24, 2.45) is 5.73 Å². The second kappa shape index (κ2) is 4.75. The van der Waals surface area contributed by atoms with Crippen molar-refractivity contribution >= 4 is 7.60 Å². The van der Waals surface area contributed by atoms with Crippen molar-refractivity contribution in [3.05, 3.63) is 0 Å². The van der Waals surface area contributed by atoms with Gasteiger partial charge in [0.1, 0.15) is 0 Å². The van der Waals surface area contributed by atoms with Gasteiger partial charge in [-0.1, -0.05) is 0 Å². The molecule has 0 radical (unpaired) electrons. The fraction of sp³-hybridized carbons (Fsp3) is 0.500. The van der Waals surface area contributed by atoms with E-state index in [9.17, 15) is 4.57 Å². The average molecular weight is 138 g/mol. The first-order valence-electron chi connectivity index (χ1n) is 1.57. The minimum absolute atomic E-state index is 0.562. The Balaban J connectivity index is 0. The Morgan fingerprint density at radius 3 is 1.75 bits per heavy atom. The Hall–Kier alpha value is -0.400. The highest BCUT2D eigenvalue weighted by molar-refractivity contribution is 7.51. The monoisotopic (exact) mass is 138 g/mol. The van der Waals surface area contributed by atoms with Crippen LogP contribution in [-0.4, -0.2) is 16.1 Å². The van der Waals surface area contributed by atoms with E-state index in [1.165, 1.54) is 0 Å². The molecule has 0 heterocycles. The summed E-state index contributed by atoms with van der Waals surface area (Å²) in [4.78, 5) is 15.6. The fourth-order valence-electron chi connectivity index (χ4n) is 0. The molecular formula is C2H7N2O3P. The number of hydrogen-bond acceptors (Lipinski definition) is 3. The molecule has 0 aliphatic heterocycles. The molecule has 0 fully saturated rings. The molecule has 0 unspecified atom stereocenters. The van der Waals surface area contributed by atoms with Gasteiger partial charge in [-0.15, -0.1) is 0 Å². The van der Waals surface area contributed by atoms with Crippen LogP contribution in [0.3, 0.4) is 0 Å². The molecule has 0 atom stereocenters. The molecule has 0 aromatic rings. The molecule has 0 rings (SSSR count). The van der Waals surface area contributed by atoms with Crippen molar-refractivity contribution in [3.63, 3.8) is 0 Å². The third-order valence-corrected chi connectivity index (χ3v) is 0.714. The van der Waals surface area contributed by atoms with Gasteiger partial charge in [0.15, 0.2) is 0 Å². The number of rotatable bonds is 1. The zero-order valence-electron chi connectivity index (χ0n) is 4.06. The SMILES string of the molecule is C#N.NCP(=O)(O)O. The lowest BCUT2D eigenvalue weighted by atomic mass is 11.6. The highest BCUT2D eigenvalue weighted by atomic mass is 31.2. The molecule has 0 aromatic heterocycles. The van der Waals surface area contributed by atoms with Crippen LogP contribution < -0.4 is 5.73 Å². The Bertz CT molecular complexity index is 105. The molecule has 48 valence electrons. The Morgan fingerprint density at radius 2 is 1.75 bits per heavy atom. The lowest BCUT2D eigenvalue weighted by Gasteiger charge is -1.92. The van der Waals surface area contributed by atoms with Crippen molar-refractivity contribution in [2.75, 3.05) is 6.29 Å². The van der Waals surface area contributed by atoms with Gasteiger partial charge in [0, 0.05) is 6.57 Å². The summed E-state index contributed by atoms with van der Waals surface area (Å²) in [6.45, 7) is 3.50. The lowest BCUT2D eigenvalue weighted by Crippen LogP contribution is -1.97. The van der Waals surface area contributed by atoms with Crippen LogP contribution in [0.4, 0.5) is 0 Å². The predicted octanol–water partition coefficient (Wildman–Crippen LogP) is -0.780. The van der Waals surface area contributed by atoms with Gasteiger partial charge in [0.05, 0.1) is 6.29 Å². The van der Waals surface area contributed by atoms with E-state index in [-0.39, 0.29) is 0 Å². The van der Waals surface area contributed by atoms with Gasteiger partial charge in [-0.25, -0.2) is 5.26 Å². The zero-order valence-corrected chi connectivity index (χ0v) is 4.95. The van der Waals surface area contributed by atoms with Gasteiger partial charge in [0.2, 0.25) is 0 Å². The van der Waals surface area contributed by atoms with Gasteiger partial charge in [-0.2, -0.15) is 0 Å². The predicted molar refractivity (Wildman–Crippen MR) is 27.8 cm³/mol. The van der Waals surface area contributed by atoms with Crippen molar-refractivity contribution < 1.29 is 14.4 Å². The normalized spacial score (nSPS) is 9.12. The van der Waals surface area contributed by atoms with Gasteiger partial charge in [0.25, 0.3) is 0 Å². The van der Waals surface area contributed by atoms with Crippen LogP contribution >= 0.6 is 7.60 Å². The Labute approximate surface area is 46.9 Å². The first-order valence-corrected chi connectivity index (χ1v) is 3.36. The van der Waals surface area contributed by atoms with Crippen LogP contribution in [0.1, 0.15) is 0 Å². The fourth-order valence-corrected chi connectivity index (χ4v) is 0. The van der Waals surface area contributed by atoms with E-state index in [0.717, 1.165) is 0 Å². The molecule has 4 N–H and O–H groups in total. The van der Waals surface area contributed by atoms with Crippen molar-refractivity contribution in [1.82, 2.24) is 0 Å². The minimum atomic E-state index is -3.87. The molecule has 0 spiro atoms. The number of nitrogens with zero attached hydrogens (tertiary/aromatic N) is 1. The topological polar surface area (TPSA) is 107 Å². The number of hydrogen-bond donors (Lipinski definition) is 3. The first-order chi connectivity index (χ1) is 3.56. The van der Waals surface area contributed by atoms with E-state index in [1.807, 2.05) is 0 Å². The Morgan fingerprint density at radius 1 is 1.62 bits per heavy atom. The third kappa shape index (κ3) is 17.5. The molecule has 0 amide bonds. The summed E-state index contributed by atoms with van der Waals surface area (Å²) in [5.41, 5.74) is 4.54. The number of nitrogens with two attached hydrogens (primary N) is 1. The molecule has 0 aliphatic carbocycles. The van der Waals surface area contributed by atoms with Crippen LogP contribution in [0.15, 0.2) is 0 Å². The molecule has 8 heavy (non-hydrogen) atoms. The standard InChI is InChI=1S/CH6NO3P.CHN/c2-1-6(3,4)5;1-2/h1-2H2,(H2,3,4,5);1H. The maximum absolute atomic E-state index is 9.57. The first kappa shape index (κ1) is 10.6. The lowest BCUT2D eigenvalue weighted by molar-refractivity contribution is 0.374. The smallest absolute Gasteiger partial charge is 0.324 e. The highest BCUT2D eigenvalue weighted by Crippen LogP contribution is 2.30. The molecule has 5 nitrogen and oxygen atoms in total. The maximum Gasteiger partial charge on any atom is 0.338 e. The second-order valence-electron chi connectivity index (χ2n) is 0.847. The summed E-state index contributed by atoms with van der Waals surface area (Å²) in [6, 6.07) is 0. The van der Waals surface area contributed by atoms with Crippen LogP contribution in [0, 0.1) is 11.8 Å². The summed E-state index contributed by atoms with van der Waals surface area (Å²) in [5.74, 6) is 0. The zero-order chi connectivity index (χ0) is 7.21. The van der Waals surface area contributed by atoms with E-state index in [0.29, 0.717) is 0 Å². The summed E-state index contributed by atoms with van der Waals surface area (Å²) in [7, 11) is -3.87. The summed E-state index contributed by atoms with van der Waals surface area (Å²) in [6.07, 6.45) is -0.562. The Kier molecular flexibility index (Phi) is 6.27. The van der Waals surface area contributed by atoms with Gasteiger partial charge < -0.3 is 15.5 Å². The van der Waals surface area contributed by atoms with E-state index >= 15 is 0 Å². The van der Waals surface area contributed by atoms with Crippen LogP contribution in [0.5, 0.6) is 0 Å². The maximum atomic E-state index is 9.57. The van der Waals surface area contributed by atoms with Crippen LogP contribution in [0.25, 0.3) is 0 Å². The second-order valence-corrected chi connectivity index (χ2v) is 2.54. The number of nitriles is 1. The summed E-state index contributed by atoms with van der Waals surface area (Å²) >= 11 is 0. The van der Waals surface area contributed by atoms with E-state index in [1.54, 1.807) is 0 Å². The molecule has 0 bridgehead atoms. The average Bonchev–Trinajstić information content (AvgIpc) is 1.71. The molecule has 0 saturated heterocycles. The van der Waals surface area contributed by atoms with Crippen LogP contribution in [0.2, 0.25) is 0 Å². The van der Waals surface area contributed by atoms with Gasteiger partial charge in [-0.3, -0.25) is 4.57 Å². The van der Waals surface area contributed by atoms with E-state index < -0.39 is 13.9 Å². The van der Waals surface area contributed by atoms with E-state index in [2.05, 4.69) is 12.3 Å². The van der Waals surface area contributed by atoms with E-state index in [4.69, 9.17) is 15.0 Å². The molecule has 0 saturated carbocycles. The molecule has 0 aromatic carbocycles. The highest BCUT2D eigenvalue weighted by Gasteiger charge is 2.05. The summed E-state index contributed by atoms with van der Waals surface area (Å²) in [5, 5.41) is 6.50. The van der Waals surface area contributed by atoms with Crippen molar-refractivity contribution in [1.29, 1.82) is 5.26 Å². The third-order valence-electron chi connectivity index (χ3n) is 0.238. The summed E-state index contributed by atoms with van der Waals surface area (Å²) < 4.78 is 9.57. The van der Waals surface area contributed by atoms with Gasteiger partial charge >= 0.3 is 7.60 Å². The molecular weight excluding hydrogens is 131 g/mol. The molecule has 0 aliphatic rings. The molecule has 6 heteroatoms. The van der Waals surface area contributed by atoms with Gasteiger partial charge in [-0.05, 0) is 0 Å². The van der Waals surface area contributed by atoms with Crippen molar-refractivity contribution in [3.8, 4) is 6.57 Å². The minimum Gasteiger partial charge on any atom is -0.324 e. The largest absolute Gasteiger partial charge is 0.338 e.